The van der Waals surface area contributed by atoms with Crippen LogP contribution in [-0.2, 0) is 0 Å². The molecule has 0 aromatic heterocycles. The molecule has 0 atom stereocenters. The molecular formula is C8H14N4. The van der Waals surface area contributed by atoms with Crippen LogP contribution >= 0.6 is 0 Å². The van der Waals surface area contributed by atoms with E-state index in [0.29, 0.717) is 5.84 Å². The molecule has 4 heteroatoms. The van der Waals surface area contributed by atoms with Crippen molar-refractivity contribution in [3.8, 4) is 0 Å². The highest BCUT2D eigenvalue weighted by molar-refractivity contribution is 6.06. The van der Waals surface area contributed by atoms with Crippen molar-refractivity contribution in [3.05, 3.63) is 11.6 Å². The summed E-state index contributed by atoms with van der Waals surface area (Å²) in [4.78, 5) is 3.78. The van der Waals surface area contributed by atoms with Crippen molar-refractivity contribution in [2.24, 2.45) is 4.99 Å². The van der Waals surface area contributed by atoms with E-state index in [1.807, 2.05) is 6.92 Å². The molecule has 0 heterocycles. The van der Waals surface area contributed by atoms with Gasteiger partial charge in [0, 0.05) is 12.8 Å². The van der Waals surface area contributed by atoms with E-state index in [1.165, 1.54) is 0 Å². The van der Waals surface area contributed by atoms with Crippen LogP contribution in [0.15, 0.2) is 16.6 Å². The number of allylic oxidation sites excluding steroid dienone is 1. The minimum absolute atomic E-state index is 0.340. The van der Waals surface area contributed by atoms with E-state index in [4.69, 9.17) is 10.8 Å². The number of nitrogens with one attached hydrogen (secondary N) is 3. The second-order valence-electron chi connectivity index (χ2n) is 2.33. The minimum Gasteiger partial charge on any atom is -0.374 e. The standard InChI is InChI=1S/C8H14N4/c1-6(4-8(10)11-3)7(2)12-5-9/h4-5,9H,1-3H3,(H2,10,11)/b6-4+,9-5?,12-7-. The molecular weight excluding hydrogens is 152 g/mol. The number of amidine groups is 1. The predicted molar refractivity (Wildman–Crippen MR) is 52.4 cm³/mol. The second kappa shape index (κ2) is 5.23. The summed E-state index contributed by atoms with van der Waals surface area (Å²) in [6.45, 7) is 3.66. The fourth-order valence-corrected chi connectivity index (χ4v) is 0.592. The maximum absolute atomic E-state index is 7.29. The molecule has 0 radical (unpaired) electrons. The molecule has 0 amide bonds. The molecule has 4 nitrogen and oxygen atoms in total. The molecule has 0 saturated heterocycles. The van der Waals surface area contributed by atoms with E-state index in [2.05, 4.69) is 10.3 Å². The largest absolute Gasteiger partial charge is 0.374 e. The van der Waals surface area contributed by atoms with Crippen LogP contribution in [0.3, 0.4) is 0 Å². The first-order chi connectivity index (χ1) is 5.61. The van der Waals surface area contributed by atoms with Crippen molar-refractivity contribution in [1.29, 1.82) is 10.8 Å². The lowest BCUT2D eigenvalue weighted by Crippen LogP contribution is -2.14. The summed E-state index contributed by atoms with van der Waals surface area (Å²) in [7, 11) is 1.69. The lowest BCUT2D eigenvalue weighted by molar-refractivity contribution is 1.15. The normalized spacial score (nSPS) is 12.6. The molecule has 0 spiro atoms. The molecule has 3 N–H and O–H groups in total. The zero-order valence-corrected chi connectivity index (χ0v) is 7.60. The van der Waals surface area contributed by atoms with Crippen molar-refractivity contribution in [1.82, 2.24) is 5.32 Å². The Hall–Kier alpha value is -1.45. The highest BCUT2D eigenvalue weighted by atomic mass is 14.9. The number of rotatable bonds is 3. The molecule has 0 aliphatic heterocycles. The lowest BCUT2D eigenvalue weighted by atomic mass is 10.2. The number of likely N-dealkylation sites (N-methyl/N-ethyl adjacent to an activating group) is 1. The van der Waals surface area contributed by atoms with Gasteiger partial charge in [-0.3, -0.25) is 10.8 Å². The van der Waals surface area contributed by atoms with Crippen LogP contribution in [0.25, 0.3) is 0 Å². The highest BCUT2D eigenvalue weighted by Crippen LogP contribution is 1.95. The number of nitrogens with zero attached hydrogens (tertiary/aromatic N) is 1. The van der Waals surface area contributed by atoms with Gasteiger partial charge in [-0.15, -0.1) is 0 Å². The van der Waals surface area contributed by atoms with E-state index in [9.17, 15) is 0 Å². The zero-order chi connectivity index (χ0) is 9.56. The van der Waals surface area contributed by atoms with Crippen molar-refractivity contribution >= 4 is 17.9 Å². The third kappa shape index (κ3) is 3.65. The number of hydrogen-bond acceptors (Lipinski definition) is 2. The van der Waals surface area contributed by atoms with Crippen molar-refractivity contribution < 1.29 is 0 Å². The van der Waals surface area contributed by atoms with Crippen LogP contribution in [0.4, 0.5) is 0 Å². The molecule has 0 rings (SSSR count). The Morgan fingerprint density at radius 2 is 2.00 bits per heavy atom. The molecule has 0 aromatic carbocycles. The third-order valence-corrected chi connectivity index (χ3v) is 1.46. The fraction of sp³-hybridized carbons (Fsp3) is 0.375. The van der Waals surface area contributed by atoms with Crippen molar-refractivity contribution in [2.45, 2.75) is 13.8 Å². The van der Waals surface area contributed by atoms with E-state index in [0.717, 1.165) is 17.6 Å². The van der Waals surface area contributed by atoms with Gasteiger partial charge in [0.05, 0.1) is 0 Å². The summed E-state index contributed by atoms with van der Waals surface area (Å²) in [5.41, 5.74) is 1.64. The SMILES string of the molecule is CNC(=N)/C=C(C)/C(C)=N\C=N. The quantitative estimate of drug-likeness (QED) is 0.428. The smallest absolute Gasteiger partial charge is 0.118 e. The van der Waals surface area contributed by atoms with Gasteiger partial charge in [-0.2, -0.15) is 0 Å². The predicted octanol–water partition coefficient (Wildman–Crippen LogP) is 1.20. The highest BCUT2D eigenvalue weighted by Gasteiger charge is 1.94. The Bertz CT molecular complexity index is 237. The molecule has 66 valence electrons. The van der Waals surface area contributed by atoms with Gasteiger partial charge in [-0.25, -0.2) is 4.99 Å². The average Bonchev–Trinajstić information content (AvgIpc) is 2.04. The summed E-state index contributed by atoms with van der Waals surface area (Å²) in [6, 6.07) is 0. The van der Waals surface area contributed by atoms with Crippen LogP contribution in [0.1, 0.15) is 13.8 Å². The summed E-state index contributed by atoms with van der Waals surface area (Å²) in [5, 5.41) is 16.7. The zero-order valence-electron chi connectivity index (χ0n) is 7.60. The molecule has 0 fully saturated rings. The average molecular weight is 166 g/mol. The van der Waals surface area contributed by atoms with Gasteiger partial charge in [-0.1, -0.05) is 0 Å². The van der Waals surface area contributed by atoms with Crippen LogP contribution in [-0.4, -0.2) is 24.9 Å². The van der Waals surface area contributed by atoms with Crippen molar-refractivity contribution in [3.63, 3.8) is 0 Å². The minimum atomic E-state index is 0.340. The van der Waals surface area contributed by atoms with Crippen LogP contribution < -0.4 is 5.32 Å². The molecule has 0 saturated carbocycles. The first kappa shape index (κ1) is 10.6. The molecule has 0 unspecified atom stereocenters. The second-order valence-corrected chi connectivity index (χ2v) is 2.33. The van der Waals surface area contributed by atoms with Gasteiger partial charge in [0.1, 0.15) is 12.2 Å². The van der Waals surface area contributed by atoms with Crippen LogP contribution in [0.5, 0.6) is 0 Å². The lowest BCUT2D eigenvalue weighted by Gasteiger charge is -1.99. The van der Waals surface area contributed by atoms with Crippen LogP contribution in [0, 0.1) is 10.8 Å². The number of hydrogen-bond donors (Lipinski definition) is 3. The molecule has 0 aliphatic rings. The third-order valence-electron chi connectivity index (χ3n) is 1.46. The van der Waals surface area contributed by atoms with Gasteiger partial charge in [0.2, 0.25) is 0 Å². The molecule has 12 heavy (non-hydrogen) atoms. The summed E-state index contributed by atoms with van der Waals surface area (Å²) in [5.74, 6) is 0.340. The maximum atomic E-state index is 7.29. The van der Waals surface area contributed by atoms with E-state index in [-0.39, 0.29) is 0 Å². The summed E-state index contributed by atoms with van der Waals surface area (Å²) < 4.78 is 0. The monoisotopic (exact) mass is 166 g/mol. The van der Waals surface area contributed by atoms with Crippen LogP contribution in [0.2, 0.25) is 0 Å². The van der Waals surface area contributed by atoms with E-state index in [1.54, 1.807) is 20.0 Å². The van der Waals surface area contributed by atoms with Gasteiger partial charge < -0.3 is 5.32 Å². The molecule has 0 aromatic rings. The van der Waals surface area contributed by atoms with Gasteiger partial charge in [0.25, 0.3) is 0 Å². The fourth-order valence-electron chi connectivity index (χ4n) is 0.592. The first-order valence-corrected chi connectivity index (χ1v) is 3.60. The van der Waals surface area contributed by atoms with Gasteiger partial charge in [0.15, 0.2) is 0 Å². The van der Waals surface area contributed by atoms with E-state index < -0.39 is 0 Å². The Balaban J connectivity index is 4.47. The molecule has 0 aliphatic carbocycles. The first-order valence-electron chi connectivity index (χ1n) is 3.60. The Morgan fingerprint density at radius 1 is 1.42 bits per heavy atom. The Morgan fingerprint density at radius 3 is 2.42 bits per heavy atom. The topological polar surface area (TPSA) is 72.1 Å². The summed E-state index contributed by atoms with van der Waals surface area (Å²) >= 11 is 0. The Labute approximate surface area is 72.4 Å². The molecule has 0 bridgehead atoms. The van der Waals surface area contributed by atoms with Crippen molar-refractivity contribution in [2.75, 3.05) is 7.05 Å². The van der Waals surface area contributed by atoms with Gasteiger partial charge >= 0.3 is 0 Å². The maximum Gasteiger partial charge on any atom is 0.118 e. The Kier molecular flexibility index (Phi) is 4.60. The van der Waals surface area contributed by atoms with E-state index >= 15 is 0 Å². The van der Waals surface area contributed by atoms with Gasteiger partial charge in [-0.05, 0) is 25.5 Å². The summed E-state index contributed by atoms with van der Waals surface area (Å²) in [6.07, 6.45) is 2.66. The number of aliphatic imine (C=N–C) groups is 1.